The average Bonchev–Trinajstić information content (AvgIpc) is 2.30. The van der Waals surface area contributed by atoms with Crippen molar-refractivity contribution in [1.29, 1.82) is 0 Å². The van der Waals surface area contributed by atoms with Crippen LogP contribution in [0.1, 0.15) is 20.3 Å². The van der Waals surface area contributed by atoms with Gasteiger partial charge in [0.15, 0.2) is 11.5 Å². The van der Waals surface area contributed by atoms with Crippen LogP contribution in [0.4, 0.5) is 0 Å². The number of rotatable bonds is 7. The first kappa shape index (κ1) is 12.8. The van der Waals surface area contributed by atoms with E-state index in [4.69, 9.17) is 9.47 Å². The van der Waals surface area contributed by atoms with Gasteiger partial charge in [0.1, 0.15) is 0 Å². The van der Waals surface area contributed by atoms with Crippen LogP contribution in [0.25, 0.3) is 0 Å². The lowest BCUT2D eigenvalue weighted by molar-refractivity contribution is 0.274. The summed E-state index contributed by atoms with van der Waals surface area (Å²) in [7, 11) is 1.66. The van der Waals surface area contributed by atoms with Gasteiger partial charge in [-0.3, -0.25) is 0 Å². The Morgan fingerprint density at radius 1 is 1.25 bits per heavy atom. The minimum Gasteiger partial charge on any atom is -0.493 e. The van der Waals surface area contributed by atoms with Crippen molar-refractivity contribution in [2.75, 3.05) is 20.3 Å². The van der Waals surface area contributed by atoms with Gasteiger partial charge >= 0.3 is 0 Å². The maximum Gasteiger partial charge on any atom is 0.161 e. The molecule has 0 saturated heterocycles. The molecule has 90 valence electrons. The number of hydrogen-bond acceptors (Lipinski definition) is 3. The Hall–Kier alpha value is -1.22. The zero-order chi connectivity index (χ0) is 11.8. The van der Waals surface area contributed by atoms with Crippen molar-refractivity contribution in [2.45, 2.75) is 26.3 Å². The van der Waals surface area contributed by atoms with E-state index in [2.05, 4.69) is 19.2 Å². The molecule has 1 unspecified atom stereocenters. The second-order valence-corrected chi connectivity index (χ2v) is 3.75. The molecule has 16 heavy (non-hydrogen) atoms. The Morgan fingerprint density at radius 3 is 2.56 bits per heavy atom. The van der Waals surface area contributed by atoms with Crippen molar-refractivity contribution in [2.24, 2.45) is 0 Å². The molecule has 0 heterocycles. The molecule has 3 nitrogen and oxygen atoms in total. The summed E-state index contributed by atoms with van der Waals surface area (Å²) in [6, 6.07) is 8.21. The smallest absolute Gasteiger partial charge is 0.161 e. The Kier molecular flexibility index (Phi) is 5.72. The molecule has 3 heteroatoms. The normalized spacial score (nSPS) is 12.2. The first-order valence-electron chi connectivity index (χ1n) is 5.77. The van der Waals surface area contributed by atoms with Crippen LogP contribution in [0.15, 0.2) is 24.3 Å². The highest BCUT2D eigenvalue weighted by molar-refractivity contribution is 5.39. The molecule has 1 N–H and O–H groups in total. The van der Waals surface area contributed by atoms with Crippen LogP contribution in [0.5, 0.6) is 11.5 Å². The highest BCUT2D eigenvalue weighted by Crippen LogP contribution is 2.25. The van der Waals surface area contributed by atoms with E-state index in [1.807, 2.05) is 24.3 Å². The van der Waals surface area contributed by atoms with Crippen LogP contribution in [-0.2, 0) is 0 Å². The van der Waals surface area contributed by atoms with Crippen molar-refractivity contribution in [1.82, 2.24) is 5.32 Å². The summed E-state index contributed by atoms with van der Waals surface area (Å²) in [5, 5.41) is 3.35. The Bertz CT molecular complexity index is 302. The molecule has 0 aliphatic carbocycles. The quantitative estimate of drug-likeness (QED) is 0.770. The van der Waals surface area contributed by atoms with E-state index >= 15 is 0 Å². The molecular formula is C13H21NO2. The molecule has 0 spiro atoms. The third-order valence-corrected chi connectivity index (χ3v) is 2.43. The van der Waals surface area contributed by atoms with Gasteiger partial charge in [-0.2, -0.15) is 0 Å². The largest absolute Gasteiger partial charge is 0.493 e. The predicted octanol–water partition coefficient (Wildman–Crippen LogP) is 2.46. The van der Waals surface area contributed by atoms with Crippen molar-refractivity contribution >= 4 is 0 Å². The minimum atomic E-state index is 0.486. The topological polar surface area (TPSA) is 30.5 Å². The first-order chi connectivity index (χ1) is 7.77. The van der Waals surface area contributed by atoms with Crippen LogP contribution < -0.4 is 14.8 Å². The monoisotopic (exact) mass is 223 g/mol. The van der Waals surface area contributed by atoms with Gasteiger partial charge in [-0.25, -0.2) is 0 Å². The van der Waals surface area contributed by atoms with Crippen molar-refractivity contribution < 1.29 is 9.47 Å². The number of hydrogen-bond donors (Lipinski definition) is 1. The van der Waals surface area contributed by atoms with Crippen LogP contribution in [0.3, 0.4) is 0 Å². The van der Waals surface area contributed by atoms with E-state index < -0.39 is 0 Å². The first-order valence-corrected chi connectivity index (χ1v) is 5.77. The predicted molar refractivity (Wildman–Crippen MR) is 66.2 cm³/mol. The van der Waals surface area contributed by atoms with Gasteiger partial charge < -0.3 is 14.8 Å². The number of ether oxygens (including phenoxy) is 2. The lowest BCUT2D eigenvalue weighted by atomic mass is 10.2. The summed E-state index contributed by atoms with van der Waals surface area (Å²) in [6.45, 7) is 5.97. The van der Waals surface area contributed by atoms with Crippen LogP contribution >= 0.6 is 0 Å². The van der Waals surface area contributed by atoms with E-state index in [0.29, 0.717) is 12.6 Å². The van der Waals surface area contributed by atoms with E-state index in [-0.39, 0.29) is 0 Å². The fourth-order valence-corrected chi connectivity index (χ4v) is 1.53. The van der Waals surface area contributed by atoms with Gasteiger partial charge in [0, 0.05) is 6.04 Å². The molecule has 0 fully saturated rings. The summed E-state index contributed by atoms with van der Waals surface area (Å²) in [5.74, 6) is 1.60. The van der Waals surface area contributed by atoms with E-state index in [1.165, 1.54) is 0 Å². The molecule has 1 atom stereocenters. The molecule has 0 amide bonds. The second kappa shape index (κ2) is 7.12. The fourth-order valence-electron chi connectivity index (χ4n) is 1.53. The molecule has 0 bridgehead atoms. The highest BCUT2D eigenvalue weighted by Gasteiger charge is 2.04. The van der Waals surface area contributed by atoms with Gasteiger partial charge in [0.05, 0.1) is 13.7 Å². The van der Waals surface area contributed by atoms with Crippen LogP contribution in [-0.4, -0.2) is 26.3 Å². The zero-order valence-corrected chi connectivity index (χ0v) is 10.3. The molecule has 1 rings (SSSR count). The van der Waals surface area contributed by atoms with E-state index in [9.17, 15) is 0 Å². The second-order valence-electron chi connectivity index (χ2n) is 3.75. The van der Waals surface area contributed by atoms with Crippen molar-refractivity contribution in [3.8, 4) is 11.5 Å². The lowest BCUT2D eigenvalue weighted by Crippen LogP contribution is -2.27. The summed E-state index contributed by atoms with van der Waals surface area (Å²) < 4.78 is 10.9. The zero-order valence-electron chi connectivity index (χ0n) is 10.3. The van der Waals surface area contributed by atoms with Crippen molar-refractivity contribution in [3.63, 3.8) is 0 Å². The number of benzene rings is 1. The molecule has 1 aromatic rings. The Balaban J connectivity index is 2.36. The third kappa shape index (κ3) is 4.11. The lowest BCUT2D eigenvalue weighted by Gasteiger charge is -2.14. The van der Waals surface area contributed by atoms with Gasteiger partial charge in [-0.15, -0.1) is 0 Å². The van der Waals surface area contributed by atoms with Gasteiger partial charge in [-0.1, -0.05) is 19.1 Å². The standard InChI is InChI=1S/C13H21NO2/c1-4-14-11(2)9-10-16-13-8-6-5-7-12(13)15-3/h5-8,11,14H,4,9-10H2,1-3H3. The van der Waals surface area contributed by atoms with E-state index in [1.54, 1.807) is 7.11 Å². The van der Waals surface area contributed by atoms with Crippen LogP contribution in [0.2, 0.25) is 0 Å². The number of nitrogens with one attached hydrogen (secondary N) is 1. The fraction of sp³-hybridized carbons (Fsp3) is 0.538. The van der Waals surface area contributed by atoms with Crippen LogP contribution in [0, 0.1) is 0 Å². The third-order valence-electron chi connectivity index (χ3n) is 2.43. The van der Waals surface area contributed by atoms with Gasteiger partial charge in [0.2, 0.25) is 0 Å². The molecule has 0 aliphatic heterocycles. The molecular weight excluding hydrogens is 202 g/mol. The Labute approximate surface area is 97.8 Å². The number of methoxy groups -OCH3 is 1. The summed E-state index contributed by atoms with van der Waals surface area (Å²) in [5.41, 5.74) is 0. The molecule has 0 aromatic heterocycles. The summed E-state index contributed by atoms with van der Waals surface area (Å²) in [4.78, 5) is 0. The molecule has 0 aliphatic rings. The molecule has 0 radical (unpaired) electrons. The Morgan fingerprint density at radius 2 is 1.94 bits per heavy atom. The average molecular weight is 223 g/mol. The van der Waals surface area contributed by atoms with Gasteiger partial charge in [-0.05, 0) is 32.0 Å². The SMILES string of the molecule is CCNC(C)CCOc1ccccc1OC. The number of para-hydroxylation sites is 2. The highest BCUT2D eigenvalue weighted by atomic mass is 16.5. The van der Waals surface area contributed by atoms with E-state index in [0.717, 1.165) is 24.5 Å². The molecule has 0 saturated carbocycles. The maximum absolute atomic E-state index is 5.68. The summed E-state index contributed by atoms with van der Waals surface area (Å²) in [6.07, 6.45) is 0.992. The minimum absolute atomic E-state index is 0.486. The molecule has 1 aromatic carbocycles. The van der Waals surface area contributed by atoms with Crippen molar-refractivity contribution in [3.05, 3.63) is 24.3 Å². The maximum atomic E-state index is 5.68. The summed E-state index contributed by atoms with van der Waals surface area (Å²) >= 11 is 0. The van der Waals surface area contributed by atoms with Gasteiger partial charge in [0.25, 0.3) is 0 Å².